The summed E-state index contributed by atoms with van der Waals surface area (Å²) in [6.45, 7) is 13.9. The fourth-order valence-corrected chi connectivity index (χ4v) is 1.82. The Morgan fingerprint density at radius 1 is 1.33 bits per heavy atom. The molecule has 15 heavy (non-hydrogen) atoms. The Morgan fingerprint density at radius 2 is 2.07 bits per heavy atom. The van der Waals surface area contributed by atoms with Crippen molar-refractivity contribution in [2.24, 2.45) is 0 Å². The second kappa shape index (κ2) is 5.55. The van der Waals surface area contributed by atoms with Gasteiger partial charge in [0.05, 0.1) is 0 Å². The van der Waals surface area contributed by atoms with Crippen molar-refractivity contribution in [2.75, 3.05) is 0 Å². The van der Waals surface area contributed by atoms with Crippen molar-refractivity contribution in [3.8, 4) is 0 Å². The predicted molar refractivity (Wildman–Crippen MR) is 68.8 cm³/mol. The molecule has 0 saturated heterocycles. The molecule has 1 unspecified atom stereocenters. The lowest BCUT2D eigenvalue weighted by molar-refractivity contribution is 0.912. The van der Waals surface area contributed by atoms with Gasteiger partial charge in [-0.15, -0.1) is 6.58 Å². The van der Waals surface area contributed by atoms with E-state index in [1.54, 1.807) is 0 Å². The molecule has 1 aromatic rings. The van der Waals surface area contributed by atoms with Crippen LogP contribution in [-0.4, -0.2) is 0 Å². The molecule has 1 radical (unpaired) electrons. The average Bonchev–Trinajstić information content (AvgIpc) is 2.28. The van der Waals surface area contributed by atoms with Crippen LogP contribution in [0.15, 0.2) is 37.4 Å². The maximum atomic E-state index is 4.07. The van der Waals surface area contributed by atoms with Crippen molar-refractivity contribution in [1.82, 2.24) is 0 Å². The van der Waals surface area contributed by atoms with E-state index in [0.29, 0.717) is 0 Å². The van der Waals surface area contributed by atoms with E-state index in [2.05, 4.69) is 45.2 Å². The predicted octanol–water partition coefficient (Wildman–Crippen LogP) is 4.39. The molecular weight excluding hydrogens is 180 g/mol. The molecule has 79 valence electrons. The fraction of sp³-hybridized carbons (Fsp3) is 0.267. The van der Waals surface area contributed by atoms with Crippen LogP contribution in [0, 0.1) is 6.92 Å². The summed E-state index contributed by atoms with van der Waals surface area (Å²) < 4.78 is 0. The van der Waals surface area contributed by atoms with Crippen LogP contribution >= 0.6 is 0 Å². The van der Waals surface area contributed by atoms with Gasteiger partial charge in [-0.2, -0.15) is 0 Å². The van der Waals surface area contributed by atoms with Crippen molar-refractivity contribution in [3.05, 3.63) is 61.0 Å². The molecular formula is C15H19. The fourth-order valence-electron chi connectivity index (χ4n) is 1.82. The summed E-state index contributed by atoms with van der Waals surface area (Å²) in [7, 11) is 0. The van der Waals surface area contributed by atoms with Gasteiger partial charge in [0.25, 0.3) is 0 Å². The van der Waals surface area contributed by atoms with Gasteiger partial charge in [0.15, 0.2) is 0 Å². The Balaban J connectivity index is 3.20. The van der Waals surface area contributed by atoms with Gasteiger partial charge >= 0.3 is 0 Å². The second-order valence-electron chi connectivity index (χ2n) is 3.72. The molecule has 0 aliphatic rings. The Labute approximate surface area is 93.3 Å². The van der Waals surface area contributed by atoms with E-state index in [0.717, 1.165) is 12.8 Å². The third-order valence-corrected chi connectivity index (χ3v) is 2.64. The summed E-state index contributed by atoms with van der Waals surface area (Å²) in [5.74, 6) is 0.148. The molecule has 0 fully saturated rings. The van der Waals surface area contributed by atoms with Crippen LogP contribution < -0.4 is 0 Å². The largest absolute Gasteiger partial charge is 0.102 e. The molecule has 0 aliphatic heterocycles. The lowest BCUT2D eigenvalue weighted by Gasteiger charge is -2.14. The SMILES string of the molecule is [CH2]C(C=C)c1cccc(CCC)c1C=C. The van der Waals surface area contributed by atoms with Gasteiger partial charge in [-0.05, 0) is 30.0 Å². The van der Waals surface area contributed by atoms with E-state index in [1.807, 2.05) is 12.2 Å². The van der Waals surface area contributed by atoms with E-state index in [9.17, 15) is 0 Å². The summed E-state index contributed by atoms with van der Waals surface area (Å²) in [4.78, 5) is 0. The molecule has 0 heteroatoms. The van der Waals surface area contributed by atoms with Crippen LogP contribution in [0.4, 0.5) is 0 Å². The number of hydrogen-bond donors (Lipinski definition) is 0. The first-order valence-corrected chi connectivity index (χ1v) is 5.44. The van der Waals surface area contributed by atoms with Gasteiger partial charge in [0, 0.05) is 5.92 Å². The van der Waals surface area contributed by atoms with Crippen molar-refractivity contribution in [1.29, 1.82) is 0 Å². The van der Waals surface area contributed by atoms with Gasteiger partial charge in [0.1, 0.15) is 0 Å². The third kappa shape index (κ3) is 2.59. The minimum absolute atomic E-state index is 0.148. The monoisotopic (exact) mass is 199 g/mol. The molecule has 1 aromatic carbocycles. The number of rotatable bonds is 5. The minimum atomic E-state index is 0.148. The maximum Gasteiger partial charge on any atom is 0.00216 e. The smallest absolute Gasteiger partial charge is 0.00216 e. The first-order chi connectivity index (χ1) is 7.24. The lowest BCUT2D eigenvalue weighted by atomic mass is 9.91. The Bertz CT molecular complexity index is 347. The van der Waals surface area contributed by atoms with Crippen LogP contribution in [-0.2, 0) is 6.42 Å². The first kappa shape index (κ1) is 11.8. The Hall–Kier alpha value is -1.30. The molecule has 0 saturated carbocycles. The van der Waals surface area contributed by atoms with Gasteiger partial charge < -0.3 is 0 Å². The Kier molecular flexibility index (Phi) is 4.36. The van der Waals surface area contributed by atoms with E-state index in [4.69, 9.17) is 0 Å². The second-order valence-corrected chi connectivity index (χ2v) is 3.72. The molecule has 0 spiro atoms. The topological polar surface area (TPSA) is 0 Å². The molecule has 0 amide bonds. The third-order valence-electron chi connectivity index (χ3n) is 2.64. The Morgan fingerprint density at radius 3 is 2.60 bits per heavy atom. The van der Waals surface area contributed by atoms with Crippen molar-refractivity contribution < 1.29 is 0 Å². The van der Waals surface area contributed by atoms with Gasteiger partial charge in [-0.3, -0.25) is 0 Å². The van der Waals surface area contributed by atoms with E-state index in [-0.39, 0.29) is 5.92 Å². The van der Waals surface area contributed by atoms with E-state index >= 15 is 0 Å². The molecule has 0 N–H and O–H groups in total. The molecule has 1 rings (SSSR count). The molecule has 0 aromatic heterocycles. The van der Waals surface area contributed by atoms with E-state index < -0.39 is 0 Å². The number of aryl methyl sites for hydroxylation is 1. The number of hydrogen-bond acceptors (Lipinski definition) is 0. The van der Waals surface area contributed by atoms with Gasteiger partial charge in [-0.1, -0.05) is 50.3 Å². The maximum absolute atomic E-state index is 4.07. The van der Waals surface area contributed by atoms with Crippen molar-refractivity contribution in [2.45, 2.75) is 25.7 Å². The van der Waals surface area contributed by atoms with E-state index in [1.165, 1.54) is 16.7 Å². The molecule has 0 aliphatic carbocycles. The zero-order valence-corrected chi connectivity index (χ0v) is 9.50. The van der Waals surface area contributed by atoms with Gasteiger partial charge in [-0.25, -0.2) is 0 Å². The van der Waals surface area contributed by atoms with Crippen LogP contribution in [0.2, 0.25) is 0 Å². The number of allylic oxidation sites excluding steroid dienone is 1. The summed E-state index contributed by atoms with van der Waals surface area (Å²) in [6, 6.07) is 6.37. The highest BCUT2D eigenvalue weighted by molar-refractivity contribution is 5.58. The molecule has 0 heterocycles. The normalized spacial score (nSPS) is 12.1. The van der Waals surface area contributed by atoms with Crippen LogP contribution in [0.1, 0.15) is 36.0 Å². The summed E-state index contributed by atoms with van der Waals surface area (Å²) in [6.07, 6.45) is 6.05. The highest BCUT2D eigenvalue weighted by Crippen LogP contribution is 2.25. The van der Waals surface area contributed by atoms with Crippen molar-refractivity contribution in [3.63, 3.8) is 0 Å². The number of benzene rings is 1. The standard InChI is InChI=1S/C15H19/c1-5-9-13-10-8-11-15(12(4)6-2)14(13)7-3/h6-8,10-12H,2-5,9H2,1H3. The summed E-state index contributed by atoms with van der Waals surface area (Å²) in [5, 5.41) is 0. The van der Waals surface area contributed by atoms with Gasteiger partial charge in [0.2, 0.25) is 0 Å². The quantitative estimate of drug-likeness (QED) is 0.617. The van der Waals surface area contributed by atoms with Crippen LogP contribution in [0.3, 0.4) is 0 Å². The minimum Gasteiger partial charge on any atom is -0.102 e. The summed E-state index contributed by atoms with van der Waals surface area (Å²) in [5.41, 5.74) is 3.82. The summed E-state index contributed by atoms with van der Waals surface area (Å²) >= 11 is 0. The lowest BCUT2D eigenvalue weighted by Crippen LogP contribution is -1.98. The average molecular weight is 199 g/mol. The highest BCUT2D eigenvalue weighted by atomic mass is 14.1. The zero-order chi connectivity index (χ0) is 11.3. The van der Waals surface area contributed by atoms with Crippen molar-refractivity contribution >= 4 is 6.08 Å². The van der Waals surface area contributed by atoms with Crippen LogP contribution in [0.5, 0.6) is 0 Å². The zero-order valence-electron chi connectivity index (χ0n) is 9.50. The molecule has 0 nitrogen and oxygen atoms in total. The molecule has 1 atom stereocenters. The van der Waals surface area contributed by atoms with Crippen LogP contribution in [0.25, 0.3) is 6.08 Å². The highest BCUT2D eigenvalue weighted by Gasteiger charge is 2.08. The first-order valence-electron chi connectivity index (χ1n) is 5.44. The molecule has 0 bridgehead atoms.